The normalized spacial score (nSPS) is 10.0. The van der Waals surface area contributed by atoms with Crippen molar-refractivity contribution in [3.63, 3.8) is 0 Å². The highest BCUT2D eigenvalue weighted by molar-refractivity contribution is 6.02. The summed E-state index contributed by atoms with van der Waals surface area (Å²) in [6.45, 7) is 0. The van der Waals surface area contributed by atoms with E-state index in [1.807, 2.05) is 37.2 Å². The fourth-order valence-electron chi connectivity index (χ4n) is 1.32. The van der Waals surface area contributed by atoms with Gasteiger partial charge in [-0.25, -0.2) is 4.63 Å². The summed E-state index contributed by atoms with van der Waals surface area (Å²) < 4.78 is 4.37. The summed E-state index contributed by atoms with van der Waals surface area (Å²) in [6, 6.07) is 7.49. The summed E-state index contributed by atoms with van der Waals surface area (Å²) in [6.07, 6.45) is 1.27. The second-order valence-corrected chi connectivity index (χ2v) is 3.69. The van der Waals surface area contributed by atoms with E-state index in [1.165, 1.54) is 6.20 Å². The standard InChI is InChI=1S/C11H12N4O2/c1-15(2)9-5-3-4-8(6-9)13-11(16)10-7-12-17-14-10/h3-7H,1-2H3,(H,13,16). The topological polar surface area (TPSA) is 71.3 Å². The lowest BCUT2D eigenvalue weighted by Gasteiger charge is -2.13. The summed E-state index contributed by atoms with van der Waals surface area (Å²) in [4.78, 5) is 13.6. The third-order valence-corrected chi connectivity index (χ3v) is 2.21. The number of aromatic nitrogens is 2. The smallest absolute Gasteiger partial charge is 0.279 e. The van der Waals surface area contributed by atoms with Gasteiger partial charge in [-0.05, 0) is 23.4 Å². The first-order chi connectivity index (χ1) is 8.16. The Morgan fingerprint density at radius 1 is 1.41 bits per heavy atom. The molecule has 0 saturated heterocycles. The third-order valence-electron chi connectivity index (χ3n) is 2.21. The number of carbonyl (C=O) groups excluding carboxylic acids is 1. The predicted octanol–water partition coefficient (Wildman–Crippen LogP) is 1.39. The van der Waals surface area contributed by atoms with Gasteiger partial charge in [0.2, 0.25) is 0 Å². The molecule has 1 heterocycles. The number of nitrogens with zero attached hydrogens (tertiary/aromatic N) is 3. The molecule has 2 rings (SSSR count). The van der Waals surface area contributed by atoms with Gasteiger partial charge in [-0.15, -0.1) is 0 Å². The maximum absolute atomic E-state index is 11.7. The van der Waals surface area contributed by atoms with E-state index >= 15 is 0 Å². The molecule has 6 heteroatoms. The molecule has 0 atom stereocenters. The maximum Gasteiger partial charge on any atom is 0.279 e. The van der Waals surface area contributed by atoms with Gasteiger partial charge in [-0.2, -0.15) is 0 Å². The number of amides is 1. The van der Waals surface area contributed by atoms with Crippen LogP contribution in [0.3, 0.4) is 0 Å². The highest BCUT2D eigenvalue weighted by Crippen LogP contribution is 2.17. The van der Waals surface area contributed by atoms with E-state index in [0.717, 1.165) is 5.69 Å². The molecule has 2 aromatic rings. The maximum atomic E-state index is 11.7. The van der Waals surface area contributed by atoms with Crippen LogP contribution in [0.5, 0.6) is 0 Å². The number of hydrogen-bond acceptors (Lipinski definition) is 5. The quantitative estimate of drug-likeness (QED) is 0.865. The van der Waals surface area contributed by atoms with Gasteiger partial charge in [0.05, 0.1) is 0 Å². The first-order valence-electron chi connectivity index (χ1n) is 5.03. The number of carbonyl (C=O) groups is 1. The minimum atomic E-state index is -0.345. The lowest BCUT2D eigenvalue weighted by molar-refractivity contribution is 0.101. The fourth-order valence-corrected chi connectivity index (χ4v) is 1.32. The van der Waals surface area contributed by atoms with E-state index in [2.05, 4.69) is 20.3 Å². The Bertz CT molecular complexity index is 508. The molecular weight excluding hydrogens is 220 g/mol. The summed E-state index contributed by atoms with van der Waals surface area (Å²) in [5.74, 6) is -0.345. The van der Waals surface area contributed by atoms with Crippen molar-refractivity contribution >= 4 is 17.3 Å². The van der Waals surface area contributed by atoms with Gasteiger partial charge in [0.15, 0.2) is 5.69 Å². The SMILES string of the molecule is CN(C)c1cccc(NC(=O)c2cnon2)c1. The molecule has 6 nitrogen and oxygen atoms in total. The van der Waals surface area contributed by atoms with Gasteiger partial charge in [0, 0.05) is 25.5 Å². The van der Waals surface area contributed by atoms with Crippen molar-refractivity contribution in [3.05, 3.63) is 36.2 Å². The van der Waals surface area contributed by atoms with Gasteiger partial charge in [-0.1, -0.05) is 11.2 Å². The van der Waals surface area contributed by atoms with Crippen molar-refractivity contribution in [2.75, 3.05) is 24.3 Å². The first kappa shape index (κ1) is 11.1. The second-order valence-electron chi connectivity index (χ2n) is 3.69. The molecule has 0 aliphatic heterocycles. The number of benzene rings is 1. The van der Waals surface area contributed by atoms with Gasteiger partial charge >= 0.3 is 0 Å². The van der Waals surface area contributed by atoms with E-state index in [-0.39, 0.29) is 11.6 Å². The van der Waals surface area contributed by atoms with E-state index in [0.29, 0.717) is 5.69 Å². The molecule has 1 aromatic carbocycles. The Morgan fingerprint density at radius 2 is 2.24 bits per heavy atom. The van der Waals surface area contributed by atoms with Crippen LogP contribution in [-0.4, -0.2) is 30.3 Å². The summed E-state index contributed by atoms with van der Waals surface area (Å²) in [5.41, 5.74) is 1.85. The number of nitrogens with one attached hydrogen (secondary N) is 1. The Labute approximate surface area is 98.2 Å². The van der Waals surface area contributed by atoms with Crippen LogP contribution in [0, 0.1) is 0 Å². The van der Waals surface area contributed by atoms with Crippen LogP contribution < -0.4 is 10.2 Å². The van der Waals surface area contributed by atoms with Crippen molar-refractivity contribution in [1.29, 1.82) is 0 Å². The summed E-state index contributed by atoms with van der Waals surface area (Å²) in [5, 5.41) is 9.55. The average Bonchev–Trinajstić information content (AvgIpc) is 2.82. The number of anilines is 2. The van der Waals surface area contributed by atoms with Crippen LogP contribution in [0.1, 0.15) is 10.5 Å². The molecule has 0 bridgehead atoms. The molecule has 1 amide bonds. The van der Waals surface area contributed by atoms with Crippen molar-refractivity contribution in [2.45, 2.75) is 0 Å². The molecule has 0 fully saturated rings. The minimum Gasteiger partial charge on any atom is -0.378 e. The van der Waals surface area contributed by atoms with Crippen LogP contribution in [0.4, 0.5) is 11.4 Å². The zero-order chi connectivity index (χ0) is 12.3. The molecule has 1 N–H and O–H groups in total. The average molecular weight is 232 g/mol. The molecular formula is C11H12N4O2. The van der Waals surface area contributed by atoms with E-state index in [1.54, 1.807) is 6.07 Å². The third kappa shape index (κ3) is 2.60. The van der Waals surface area contributed by atoms with E-state index in [9.17, 15) is 4.79 Å². The molecule has 0 unspecified atom stereocenters. The van der Waals surface area contributed by atoms with Crippen LogP contribution in [0.15, 0.2) is 35.1 Å². The monoisotopic (exact) mass is 232 g/mol. The van der Waals surface area contributed by atoms with Gasteiger partial charge < -0.3 is 10.2 Å². The molecule has 17 heavy (non-hydrogen) atoms. The Hall–Kier alpha value is -2.37. The van der Waals surface area contributed by atoms with Crippen molar-refractivity contribution in [1.82, 2.24) is 10.3 Å². The number of rotatable bonds is 3. The van der Waals surface area contributed by atoms with Crippen molar-refractivity contribution in [3.8, 4) is 0 Å². The van der Waals surface area contributed by atoms with Crippen LogP contribution in [0.2, 0.25) is 0 Å². The molecule has 0 aliphatic rings. The summed E-state index contributed by atoms with van der Waals surface area (Å²) >= 11 is 0. The molecule has 88 valence electrons. The summed E-state index contributed by atoms with van der Waals surface area (Å²) in [7, 11) is 3.87. The van der Waals surface area contributed by atoms with E-state index in [4.69, 9.17) is 0 Å². The second kappa shape index (κ2) is 4.65. The van der Waals surface area contributed by atoms with Crippen LogP contribution in [0.25, 0.3) is 0 Å². The Kier molecular flexibility index (Phi) is 3.04. The molecule has 0 aliphatic carbocycles. The van der Waals surface area contributed by atoms with Crippen LogP contribution in [-0.2, 0) is 0 Å². The highest BCUT2D eigenvalue weighted by atomic mass is 16.6. The number of hydrogen-bond donors (Lipinski definition) is 1. The Balaban J connectivity index is 2.14. The molecule has 0 spiro atoms. The van der Waals surface area contributed by atoms with Gasteiger partial charge in [0.25, 0.3) is 5.91 Å². The van der Waals surface area contributed by atoms with E-state index < -0.39 is 0 Å². The lowest BCUT2D eigenvalue weighted by atomic mass is 10.2. The lowest BCUT2D eigenvalue weighted by Crippen LogP contribution is -2.13. The highest BCUT2D eigenvalue weighted by Gasteiger charge is 2.10. The first-order valence-corrected chi connectivity index (χ1v) is 5.03. The minimum absolute atomic E-state index is 0.153. The molecule has 1 aromatic heterocycles. The zero-order valence-corrected chi connectivity index (χ0v) is 9.54. The van der Waals surface area contributed by atoms with Crippen molar-refractivity contribution in [2.24, 2.45) is 0 Å². The fraction of sp³-hybridized carbons (Fsp3) is 0.182. The van der Waals surface area contributed by atoms with Gasteiger partial charge in [-0.3, -0.25) is 4.79 Å². The Morgan fingerprint density at radius 3 is 2.88 bits per heavy atom. The van der Waals surface area contributed by atoms with Gasteiger partial charge in [0.1, 0.15) is 6.20 Å². The largest absolute Gasteiger partial charge is 0.378 e. The molecule has 0 radical (unpaired) electrons. The molecule has 0 saturated carbocycles. The zero-order valence-electron chi connectivity index (χ0n) is 9.54. The predicted molar refractivity (Wildman–Crippen MR) is 63.0 cm³/mol. The van der Waals surface area contributed by atoms with Crippen LogP contribution >= 0.6 is 0 Å². The van der Waals surface area contributed by atoms with Crippen molar-refractivity contribution < 1.29 is 9.42 Å².